The molecule has 0 saturated carbocycles. The zero-order chi connectivity index (χ0) is 14.5. The Kier molecular flexibility index (Phi) is 5.49. The maximum absolute atomic E-state index is 12.3. The van der Waals surface area contributed by atoms with E-state index >= 15 is 0 Å². The average molecular weight is 295 g/mol. The molecule has 0 aromatic heterocycles. The van der Waals surface area contributed by atoms with Gasteiger partial charge in [0.25, 0.3) is 0 Å². The molecule has 1 rings (SSSR count). The monoisotopic (exact) mass is 295 g/mol. The molecule has 1 unspecified atom stereocenters. The highest BCUT2D eigenvalue weighted by Crippen LogP contribution is 2.29. The third-order valence-corrected chi connectivity index (χ3v) is 3.33. The number of nitrogens with one attached hydrogen (secondary N) is 1. The second-order valence-electron chi connectivity index (χ2n) is 3.64. The van der Waals surface area contributed by atoms with Gasteiger partial charge in [0, 0.05) is 22.2 Å². The lowest BCUT2D eigenvalue weighted by Gasteiger charge is -2.08. The fourth-order valence-electron chi connectivity index (χ4n) is 1.26. The van der Waals surface area contributed by atoms with Gasteiger partial charge < -0.3 is 10.4 Å². The number of hydrogen-bond acceptors (Lipinski definition) is 3. The maximum atomic E-state index is 12.3. The average Bonchev–Trinajstić information content (AvgIpc) is 2.28. The summed E-state index contributed by atoms with van der Waals surface area (Å²) in [7, 11) is -1.48. The van der Waals surface area contributed by atoms with E-state index in [1.54, 1.807) is 0 Å². The van der Waals surface area contributed by atoms with Gasteiger partial charge in [0.1, 0.15) is 5.75 Å². The molecule has 1 amide bonds. The van der Waals surface area contributed by atoms with Gasteiger partial charge >= 0.3 is 6.18 Å². The van der Waals surface area contributed by atoms with Crippen LogP contribution < -0.4 is 5.32 Å². The number of aliphatic hydroxyl groups excluding tert-OH is 1. The van der Waals surface area contributed by atoms with E-state index in [9.17, 15) is 22.2 Å². The van der Waals surface area contributed by atoms with E-state index < -0.39 is 28.4 Å². The second-order valence-corrected chi connectivity index (χ2v) is 5.21. The fourth-order valence-corrected chi connectivity index (χ4v) is 1.97. The molecule has 1 atom stereocenters. The lowest BCUT2D eigenvalue weighted by atomic mass is 10.2. The molecule has 19 heavy (non-hydrogen) atoms. The molecular formula is C11H12F3NO3S. The van der Waals surface area contributed by atoms with Crippen LogP contribution in [0.3, 0.4) is 0 Å². The molecule has 0 bridgehead atoms. The minimum atomic E-state index is -4.43. The van der Waals surface area contributed by atoms with E-state index in [1.807, 2.05) is 0 Å². The minimum absolute atomic E-state index is 0.0135. The van der Waals surface area contributed by atoms with Crippen molar-refractivity contribution in [3.63, 3.8) is 0 Å². The third-order valence-electron chi connectivity index (χ3n) is 2.11. The predicted molar refractivity (Wildman–Crippen MR) is 65.0 cm³/mol. The minimum Gasteiger partial charge on any atom is -0.395 e. The summed E-state index contributed by atoms with van der Waals surface area (Å²) in [6.45, 7) is -0.291. The van der Waals surface area contributed by atoms with Gasteiger partial charge in [-0.15, -0.1) is 0 Å². The van der Waals surface area contributed by atoms with Crippen LogP contribution in [0.2, 0.25) is 0 Å². The molecule has 0 fully saturated rings. The molecular weight excluding hydrogens is 283 g/mol. The summed E-state index contributed by atoms with van der Waals surface area (Å²) in [5.41, 5.74) is -0.617. The molecule has 0 aliphatic carbocycles. The van der Waals surface area contributed by atoms with Crippen LogP contribution in [0.25, 0.3) is 0 Å². The summed E-state index contributed by atoms with van der Waals surface area (Å²) in [6.07, 6.45) is -4.43. The number of anilines is 1. The molecule has 8 heteroatoms. The highest BCUT2D eigenvalue weighted by atomic mass is 32.2. The zero-order valence-corrected chi connectivity index (χ0v) is 10.6. The van der Waals surface area contributed by atoms with E-state index in [2.05, 4.69) is 5.32 Å². The smallest absolute Gasteiger partial charge is 0.395 e. The standard InChI is InChI=1S/C11H12F3NO3S/c12-11(13,14)8-1-3-9(4-2-8)15-10(17)7-19(18)6-5-16/h1-4,16H,5-7H2,(H,15,17). The molecule has 0 heterocycles. The summed E-state index contributed by atoms with van der Waals surface area (Å²) in [5, 5.41) is 10.8. The van der Waals surface area contributed by atoms with Crippen molar-refractivity contribution >= 4 is 22.4 Å². The summed E-state index contributed by atoms with van der Waals surface area (Å²) in [4.78, 5) is 11.4. The van der Waals surface area contributed by atoms with Gasteiger partial charge in [-0.25, -0.2) is 0 Å². The van der Waals surface area contributed by atoms with Crippen LogP contribution in [0.4, 0.5) is 18.9 Å². The number of hydrogen-bond donors (Lipinski definition) is 2. The predicted octanol–water partition coefficient (Wildman–Crippen LogP) is 1.38. The number of amides is 1. The lowest BCUT2D eigenvalue weighted by Crippen LogP contribution is -2.21. The highest BCUT2D eigenvalue weighted by molar-refractivity contribution is 7.85. The Morgan fingerprint density at radius 2 is 1.84 bits per heavy atom. The SMILES string of the molecule is O=C(CS(=O)CCO)Nc1ccc(C(F)(F)F)cc1. The van der Waals surface area contributed by atoms with Gasteiger partial charge in [0.15, 0.2) is 0 Å². The van der Waals surface area contributed by atoms with Crippen molar-refractivity contribution in [2.75, 3.05) is 23.4 Å². The van der Waals surface area contributed by atoms with Crippen molar-refractivity contribution in [1.29, 1.82) is 0 Å². The van der Waals surface area contributed by atoms with Crippen molar-refractivity contribution in [2.24, 2.45) is 0 Å². The summed E-state index contributed by atoms with van der Waals surface area (Å²) in [6, 6.07) is 3.94. The Bertz CT molecular complexity index is 459. The van der Waals surface area contributed by atoms with Gasteiger partial charge in [0.05, 0.1) is 12.2 Å². The van der Waals surface area contributed by atoms with Gasteiger partial charge in [-0.2, -0.15) is 13.2 Å². The highest BCUT2D eigenvalue weighted by Gasteiger charge is 2.29. The first kappa shape index (κ1) is 15.6. The van der Waals surface area contributed by atoms with Crippen LogP contribution in [-0.2, 0) is 21.8 Å². The van der Waals surface area contributed by atoms with Gasteiger partial charge in [-0.05, 0) is 24.3 Å². The Morgan fingerprint density at radius 1 is 1.26 bits per heavy atom. The van der Waals surface area contributed by atoms with Crippen molar-refractivity contribution in [3.8, 4) is 0 Å². The van der Waals surface area contributed by atoms with Crippen molar-refractivity contribution < 1.29 is 27.3 Å². The van der Waals surface area contributed by atoms with E-state index in [0.717, 1.165) is 24.3 Å². The van der Waals surface area contributed by atoms with Crippen LogP contribution in [0.15, 0.2) is 24.3 Å². The molecule has 0 saturated heterocycles. The van der Waals surface area contributed by atoms with E-state index in [1.165, 1.54) is 0 Å². The Labute approximate surface area is 110 Å². The summed E-state index contributed by atoms with van der Waals surface area (Å²) >= 11 is 0. The van der Waals surface area contributed by atoms with Gasteiger partial charge in [-0.3, -0.25) is 9.00 Å². The topological polar surface area (TPSA) is 66.4 Å². The van der Waals surface area contributed by atoms with Crippen molar-refractivity contribution in [1.82, 2.24) is 0 Å². The van der Waals surface area contributed by atoms with E-state index in [4.69, 9.17) is 5.11 Å². The van der Waals surface area contributed by atoms with Crippen molar-refractivity contribution in [3.05, 3.63) is 29.8 Å². The van der Waals surface area contributed by atoms with E-state index in [0.29, 0.717) is 0 Å². The van der Waals surface area contributed by atoms with Crippen LogP contribution in [0, 0.1) is 0 Å². The number of alkyl halides is 3. The van der Waals surface area contributed by atoms with Crippen LogP contribution in [0.5, 0.6) is 0 Å². The summed E-state index contributed by atoms with van der Waals surface area (Å²) < 4.78 is 48.0. The van der Waals surface area contributed by atoms with Gasteiger partial charge in [0.2, 0.25) is 5.91 Å². The molecule has 106 valence electrons. The first-order valence-electron chi connectivity index (χ1n) is 5.26. The zero-order valence-electron chi connectivity index (χ0n) is 9.74. The molecule has 2 N–H and O–H groups in total. The maximum Gasteiger partial charge on any atom is 0.416 e. The largest absolute Gasteiger partial charge is 0.416 e. The quantitative estimate of drug-likeness (QED) is 0.862. The number of aliphatic hydroxyl groups is 1. The molecule has 1 aromatic rings. The number of halogens is 3. The van der Waals surface area contributed by atoms with Gasteiger partial charge in [-0.1, -0.05) is 0 Å². The summed E-state index contributed by atoms with van der Waals surface area (Å²) in [5.74, 6) is -0.895. The van der Waals surface area contributed by atoms with Crippen LogP contribution >= 0.6 is 0 Å². The van der Waals surface area contributed by atoms with E-state index in [-0.39, 0.29) is 23.8 Å². The third kappa shape index (κ3) is 5.39. The number of rotatable bonds is 5. The first-order valence-corrected chi connectivity index (χ1v) is 6.74. The molecule has 0 spiro atoms. The normalized spacial score (nSPS) is 13.1. The Hall–Kier alpha value is -1.41. The molecule has 0 radical (unpaired) electrons. The molecule has 4 nitrogen and oxygen atoms in total. The second kappa shape index (κ2) is 6.67. The van der Waals surface area contributed by atoms with Crippen LogP contribution in [0.1, 0.15) is 5.56 Å². The Balaban J connectivity index is 2.58. The molecule has 0 aliphatic heterocycles. The number of carbonyl (C=O) groups excluding carboxylic acids is 1. The lowest BCUT2D eigenvalue weighted by molar-refractivity contribution is -0.137. The Morgan fingerprint density at radius 3 is 2.32 bits per heavy atom. The van der Waals surface area contributed by atoms with Crippen LogP contribution in [-0.4, -0.2) is 33.3 Å². The number of carbonyl (C=O) groups is 1. The fraction of sp³-hybridized carbons (Fsp3) is 0.364. The number of benzene rings is 1. The van der Waals surface area contributed by atoms with Crippen molar-refractivity contribution in [2.45, 2.75) is 6.18 Å². The first-order chi connectivity index (χ1) is 8.82. The molecule has 0 aliphatic rings. The molecule has 1 aromatic carbocycles.